The van der Waals surface area contributed by atoms with Crippen LogP contribution in [0.4, 0.5) is 10.3 Å². The first kappa shape index (κ1) is 9.98. The first-order valence-corrected chi connectivity index (χ1v) is 4.64. The summed E-state index contributed by atoms with van der Waals surface area (Å²) in [5, 5.41) is 4.13. The van der Waals surface area contributed by atoms with Gasteiger partial charge < -0.3 is 10.3 Å². The van der Waals surface area contributed by atoms with E-state index in [1.54, 1.807) is 6.92 Å². The summed E-state index contributed by atoms with van der Waals surface area (Å²) in [6, 6.07) is 4.24. The third kappa shape index (κ3) is 1.68. The lowest BCUT2D eigenvalue weighted by molar-refractivity contribution is 0.438. The Hall–Kier alpha value is -1.55. The van der Waals surface area contributed by atoms with Gasteiger partial charge in [-0.25, -0.2) is 4.39 Å². The highest BCUT2D eigenvalue weighted by Crippen LogP contribution is 2.29. The second kappa shape index (κ2) is 3.55. The maximum atomic E-state index is 13.5. The van der Waals surface area contributed by atoms with Gasteiger partial charge >= 0.3 is 0 Å². The molecule has 0 aliphatic heterocycles. The van der Waals surface area contributed by atoms with Gasteiger partial charge in [0.05, 0.1) is 0 Å². The fraction of sp³-hybridized carbons (Fsp3) is 0.100. The lowest BCUT2D eigenvalue weighted by atomic mass is 10.1. The second-order valence-corrected chi connectivity index (χ2v) is 3.58. The zero-order valence-corrected chi connectivity index (χ0v) is 8.68. The minimum atomic E-state index is -0.407. The Bertz CT molecular complexity index is 510. The van der Waals surface area contributed by atoms with E-state index >= 15 is 0 Å². The quantitative estimate of drug-likeness (QED) is 0.813. The Kier molecular flexibility index (Phi) is 2.36. The number of rotatable bonds is 1. The molecule has 0 bridgehead atoms. The van der Waals surface area contributed by atoms with Crippen molar-refractivity contribution in [2.24, 2.45) is 0 Å². The first-order chi connectivity index (χ1) is 7.09. The summed E-state index contributed by atoms with van der Waals surface area (Å²) in [6.07, 6.45) is 0. The Morgan fingerprint density at radius 3 is 2.80 bits per heavy atom. The van der Waals surface area contributed by atoms with Crippen molar-refractivity contribution in [3.8, 4) is 11.3 Å². The fourth-order valence-electron chi connectivity index (χ4n) is 1.28. The monoisotopic (exact) mass is 226 g/mol. The highest BCUT2D eigenvalue weighted by Gasteiger charge is 2.15. The average molecular weight is 227 g/mol. The minimum absolute atomic E-state index is 0.185. The van der Waals surface area contributed by atoms with Crippen LogP contribution in [0, 0.1) is 12.7 Å². The van der Waals surface area contributed by atoms with Crippen LogP contribution in [0.15, 0.2) is 22.7 Å². The van der Waals surface area contributed by atoms with Crippen molar-refractivity contribution >= 4 is 17.5 Å². The molecule has 0 radical (unpaired) electrons. The van der Waals surface area contributed by atoms with E-state index in [0.717, 1.165) is 0 Å². The molecule has 0 amide bonds. The Morgan fingerprint density at radius 1 is 1.47 bits per heavy atom. The van der Waals surface area contributed by atoms with Crippen LogP contribution in [-0.4, -0.2) is 5.16 Å². The summed E-state index contributed by atoms with van der Waals surface area (Å²) in [5.41, 5.74) is 6.76. The molecule has 2 rings (SSSR count). The summed E-state index contributed by atoms with van der Waals surface area (Å²) in [5.74, 6) is -0.222. The number of nitrogen functional groups attached to an aromatic ring is 1. The molecule has 1 aromatic carbocycles. The van der Waals surface area contributed by atoms with E-state index < -0.39 is 5.82 Å². The van der Waals surface area contributed by atoms with Crippen LogP contribution in [0.25, 0.3) is 11.3 Å². The summed E-state index contributed by atoms with van der Waals surface area (Å²) in [7, 11) is 0. The molecule has 3 nitrogen and oxygen atoms in total. The predicted octanol–water partition coefficient (Wildman–Crippen LogP) is 3.02. The van der Waals surface area contributed by atoms with Gasteiger partial charge in [-0.05, 0) is 25.1 Å². The summed E-state index contributed by atoms with van der Waals surface area (Å²) >= 11 is 5.77. The van der Waals surface area contributed by atoms with Gasteiger partial charge in [-0.15, -0.1) is 0 Å². The standard InChI is InChI=1S/C10H8ClFN2O/c1-5-9(14-15-10(5)13)7-4-6(11)2-3-8(7)12/h2-4H,13H2,1H3. The van der Waals surface area contributed by atoms with Gasteiger partial charge in [0.25, 0.3) is 0 Å². The molecular weight excluding hydrogens is 219 g/mol. The van der Waals surface area contributed by atoms with Crippen LogP contribution >= 0.6 is 11.6 Å². The van der Waals surface area contributed by atoms with E-state index in [4.69, 9.17) is 21.9 Å². The number of aromatic nitrogens is 1. The molecule has 0 aliphatic carbocycles. The summed E-state index contributed by atoms with van der Waals surface area (Å²) in [6.45, 7) is 1.71. The van der Waals surface area contributed by atoms with Crippen molar-refractivity contribution in [2.45, 2.75) is 6.92 Å². The molecule has 1 aromatic heterocycles. The number of nitrogens with two attached hydrogens (primary N) is 1. The van der Waals surface area contributed by atoms with E-state index in [2.05, 4.69) is 5.16 Å². The molecule has 0 saturated heterocycles. The van der Waals surface area contributed by atoms with E-state index in [0.29, 0.717) is 21.8 Å². The smallest absolute Gasteiger partial charge is 0.225 e. The van der Waals surface area contributed by atoms with E-state index in [1.807, 2.05) is 0 Å². The highest BCUT2D eigenvalue weighted by atomic mass is 35.5. The Labute approximate surface area is 90.6 Å². The topological polar surface area (TPSA) is 52.0 Å². The van der Waals surface area contributed by atoms with Crippen LogP contribution in [0.3, 0.4) is 0 Å². The van der Waals surface area contributed by atoms with Gasteiger partial charge in [0.2, 0.25) is 5.88 Å². The molecule has 0 fully saturated rings. The maximum Gasteiger partial charge on any atom is 0.225 e. The van der Waals surface area contributed by atoms with E-state index in [1.165, 1.54) is 18.2 Å². The molecule has 15 heavy (non-hydrogen) atoms. The number of hydrogen-bond acceptors (Lipinski definition) is 3. The van der Waals surface area contributed by atoms with Crippen molar-refractivity contribution in [3.63, 3.8) is 0 Å². The van der Waals surface area contributed by atoms with Crippen LogP contribution in [0.5, 0.6) is 0 Å². The number of anilines is 1. The molecule has 1 heterocycles. The molecule has 2 N–H and O–H groups in total. The van der Waals surface area contributed by atoms with Gasteiger partial charge in [0.15, 0.2) is 0 Å². The van der Waals surface area contributed by atoms with Crippen molar-refractivity contribution in [1.82, 2.24) is 5.16 Å². The van der Waals surface area contributed by atoms with Crippen LogP contribution in [0.1, 0.15) is 5.56 Å². The third-order valence-corrected chi connectivity index (χ3v) is 2.38. The lowest BCUT2D eigenvalue weighted by Gasteiger charge is -2.00. The summed E-state index contributed by atoms with van der Waals surface area (Å²) in [4.78, 5) is 0. The highest BCUT2D eigenvalue weighted by molar-refractivity contribution is 6.30. The minimum Gasteiger partial charge on any atom is -0.367 e. The van der Waals surface area contributed by atoms with Gasteiger partial charge in [-0.1, -0.05) is 16.8 Å². The zero-order valence-electron chi connectivity index (χ0n) is 7.92. The molecule has 78 valence electrons. The first-order valence-electron chi connectivity index (χ1n) is 4.26. The van der Waals surface area contributed by atoms with Crippen LogP contribution < -0.4 is 5.73 Å². The molecule has 0 aliphatic rings. The average Bonchev–Trinajstić information content (AvgIpc) is 2.52. The number of benzene rings is 1. The molecule has 5 heteroatoms. The molecule has 0 saturated carbocycles. The normalized spacial score (nSPS) is 10.6. The zero-order chi connectivity index (χ0) is 11.0. The van der Waals surface area contributed by atoms with Gasteiger partial charge in [0, 0.05) is 16.1 Å². The van der Waals surface area contributed by atoms with Crippen molar-refractivity contribution in [2.75, 3.05) is 5.73 Å². The van der Waals surface area contributed by atoms with Gasteiger partial charge in [-0.3, -0.25) is 0 Å². The van der Waals surface area contributed by atoms with Gasteiger partial charge in [0.1, 0.15) is 11.5 Å². The number of halogens is 2. The molecular formula is C10H8ClFN2O. The van der Waals surface area contributed by atoms with Crippen molar-refractivity contribution in [3.05, 3.63) is 34.6 Å². The third-order valence-electron chi connectivity index (χ3n) is 2.14. The lowest BCUT2D eigenvalue weighted by Crippen LogP contribution is -1.88. The second-order valence-electron chi connectivity index (χ2n) is 3.14. The number of hydrogen-bond donors (Lipinski definition) is 1. The largest absolute Gasteiger partial charge is 0.367 e. The number of nitrogens with zero attached hydrogens (tertiary/aromatic N) is 1. The van der Waals surface area contributed by atoms with Crippen LogP contribution in [0.2, 0.25) is 5.02 Å². The summed E-state index contributed by atoms with van der Waals surface area (Å²) < 4.78 is 18.2. The SMILES string of the molecule is Cc1c(-c2cc(Cl)ccc2F)noc1N. The molecule has 0 spiro atoms. The van der Waals surface area contributed by atoms with Gasteiger partial charge in [-0.2, -0.15) is 0 Å². The molecule has 0 unspecified atom stereocenters. The molecule has 0 atom stereocenters. The fourth-order valence-corrected chi connectivity index (χ4v) is 1.45. The van der Waals surface area contributed by atoms with Crippen LogP contribution in [-0.2, 0) is 0 Å². The van der Waals surface area contributed by atoms with Crippen molar-refractivity contribution in [1.29, 1.82) is 0 Å². The predicted molar refractivity (Wildman–Crippen MR) is 56.1 cm³/mol. The van der Waals surface area contributed by atoms with E-state index in [9.17, 15) is 4.39 Å². The Morgan fingerprint density at radius 2 is 2.20 bits per heavy atom. The van der Waals surface area contributed by atoms with Crippen molar-refractivity contribution < 1.29 is 8.91 Å². The maximum absolute atomic E-state index is 13.5. The van der Waals surface area contributed by atoms with E-state index in [-0.39, 0.29) is 5.88 Å². The Balaban J connectivity index is 2.63. The molecule has 2 aromatic rings.